The molecule has 1 aromatic carbocycles. The molecule has 2 aromatic rings. The number of hydrogen-bond acceptors (Lipinski definition) is 2. The number of aromatic nitrogens is 1. The van der Waals surface area contributed by atoms with Gasteiger partial charge in [-0.05, 0) is 30.7 Å². The topological polar surface area (TPSA) is 24.9 Å². The van der Waals surface area contributed by atoms with Gasteiger partial charge in [0.2, 0.25) is 0 Å². The smallest absolute Gasteiger partial charge is 0.132 e. The molecule has 0 aliphatic carbocycles. The van der Waals surface area contributed by atoms with E-state index in [-0.39, 0.29) is 5.82 Å². The SMILES string of the molecule is CCCNc1ccnc(-c2ccccc2F)c1. The van der Waals surface area contributed by atoms with E-state index in [1.807, 2.05) is 18.2 Å². The number of nitrogens with zero attached hydrogens (tertiary/aromatic N) is 1. The minimum Gasteiger partial charge on any atom is -0.385 e. The third-order valence-corrected chi connectivity index (χ3v) is 2.49. The zero-order valence-corrected chi connectivity index (χ0v) is 9.78. The van der Waals surface area contributed by atoms with E-state index in [4.69, 9.17) is 0 Å². The number of pyridine rings is 1. The molecule has 0 bridgehead atoms. The first-order valence-electron chi connectivity index (χ1n) is 5.76. The van der Waals surface area contributed by atoms with E-state index in [9.17, 15) is 4.39 Å². The Bertz CT molecular complexity index is 497. The molecule has 0 saturated heterocycles. The largest absolute Gasteiger partial charge is 0.385 e. The molecular formula is C14H15FN2. The molecule has 3 heteroatoms. The van der Waals surface area contributed by atoms with Crippen LogP contribution >= 0.6 is 0 Å². The van der Waals surface area contributed by atoms with Gasteiger partial charge in [-0.25, -0.2) is 4.39 Å². The van der Waals surface area contributed by atoms with Gasteiger partial charge in [0.05, 0.1) is 5.69 Å². The maximum absolute atomic E-state index is 13.6. The van der Waals surface area contributed by atoms with Crippen molar-refractivity contribution in [2.45, 2.75) is 13.3 Å². The van der Waals surface area contributed by atoms with E-state index in [2.05, 4.69) is 17.2 Å². The molecule has 0 unspecified atom stereocenters. The Kier molecular flexibility index (Phi) is 3.70. The first-order valence-corrected chi connectivity index (χ1v) is 5.76. The van der Waals surface area contributed by atoms with Gasteiger partial charge in [0.1, 0.15) is 5.82 Å². The van der Waals surface area contributed by atoms with Crippen LogP contribution in [0.5, 0.6) is 0 Å². The molecule has 0 spiro atoms. The van der Waals surface area contributed by atoms with Gasteiger partial charge in [0, 0.05) is 24.0 Å². The number of halogens is 1. The Morgan fingerprint density at radius 2 is 2.06 bits per heavy atom. The predicted octanol–water partition coefficient (Wildman–Crippen LogP) is 3.71. The lowest BCUT2D eigenvalue weighted by molar-refractivity contribution is 0.631. The Labute approximate surface area is 101 Å². The van der Waals surface area contributed by atoms with Crippen LogP contribution in [0, 0.1) is 5.82 Å². The highest BCUT2D eigenvalue weighted by Crippen LogP contribution is 2.22. The Morgan fingerprint density at radius 1 is 1.24 bits per heavy atom. The van der Waals surface area contributed by atoms with E-state index in [1.54, 1.807) is 18.3 Å². The summed E-state index contributed by atoms with van der Waals surface area (Å²) in [6.45, 7) is 3.01. The number of anilines is 1. The van der Waals surface area contributed by atoms with Crippen molar-refractivity contribution in [2.24, 2.45) is 0 Å². The van der Waals surface area contributed by atoms with Gasteiger partial charge in [0.15, 0.2) is 0 Å². The zero-order chi connectivity index (χ0) is 12.1. The second-order valence-electron chi connectivity index (χ2n) is 3.84. The summed E-state index contributed by atoms with van der Waals surface area (Å²) in [6.07, 6.45) is 2.75. The molecule has 1 aromatic heterocycles. The van der Waals surface area contributed by atoms with Crippen molar-refractivity contribution in [1.29, 1.82) is 0 Å². The van der Waals surface area contributed by atoms with E-state index < -0.39 is 0 Å². The van der Waals surface area contributed by atoms with Crippen molar-refractivity contribution in [3.63, 3.8) is 0 Å². The molecule has 0 aliphatic heterocycles. The first-order chi connectivity index (χ1) is 8.31. The molecule has 17 heavy (non-hydrogen) atoms. The summed E-state index contributed by atoms with van der Waals surface area (Å²) in [5.41, 5.74) is 2.16. The van der Waals surface area contributed by atoms with E-state index >= 15 is 0 Å². The van der Waals surface area contributed by atoms with Crippen molar-refractivity contribution in [1.82, 2.24) is 4.98 Å². The van der Waals surface area contributed by atoms with Crippen LogP contribution in [0.4, 0.5) is 10.1 Å². The molecule has 0 amide bonds. The van der Waals surface area contributed by atoms with Gasteiger partial charge in [-0.2, -0.15) is 0 Å². The van der Waals surface area contributed by atoms with Gasteiger partial charge < -0.3 is 5.32 Å². The summed E-state index contributed by atoms with van der Waals surface area (Å²) in [7, 11) is 0. The maximum Gasteiger partial charge on any atom is 0.132 e. The lowest BCUT2D eigenvalue weighted by atomic mass is 10.1. The quantitative estimate of drug-likeness (QED) is 0.866. The molecule has 88 valence electrons. The highest BCUT2D eigenvalue weighted by Gasteiger charge is 2.05. The van der Waals surface area contributed by atoms with E-state index in [1.165, 1.54) is 6.07 Å². The Morgan fingerprint density at radius 3 is 2.82 bits per heavy atom. The number of rotatable bonds is 4. The van der Waals surface area contributed by atoms with Gasteiger partial charge in [-0.3, -0.25) is 4.98 Å². The van der Waals surface area contributed by atoms with Crippen LogP contribution in [-0.2, 0) is 0 Å². The van der Waals surface area contributed by atoms with Crippen LogP contribution in [-0.4, -0.2) is 11.5 Å². The second kappa shape index (κ2) is 5.43. The van der Waals surface area contributed by atoms with Crippen LogP contribution in [0.15, 0.2) is 42.6 Å². The molecular weight excluding hydrogens is 215 g/mol. The van der Waals surface area contributed by atoms with Crippen LogP contribution in [0.25, 0.3) is 11.3 Å². The molecule has 0 saturated carbocycles. The highest BCUT2D eigenvalue weighted by molar-refractivity contribution is 5.64. The van der Waals surface area contributed by atoms with Crippen molar-refractivity contribution in [3.8, 4) is 11.3 Å². The van der Waals surface area contributed by atoms with Crippen molar-refractivity contribution < 1.29 is 4.39 Å². The highest BCUT2D eigenvalue weighted by atomic mass is 19.1. The molecule has 1 heterocycles. The summed E-state index contributed by atoms with van der Waals surface area (Å²) in [5, 5.41) is 3.26. The van der Waals surface area contributed by atoms with E-state index in [0.29, 0.717) is 11.3 Å². The van der Waals surface area contributed by atoms with Crippen LogP contribution < -0.4 is 5.32 Å². The second-order valence-corrected chi connectivity index (χ2v) is 3.84. The number of benzene rings is 1. The van der Waals surface area contributed by atoms with Gasteiger partial charge >= 0.3 is 0 Å². The first kappa shape index (κ1) is 11.6. The Hall–Kier alpha value is -1.90. The standard InChI is InChI=1S/C14H15FN2/c1-2-8-16-11-7-9-17-14(10-11)12-5-3-4-6-13(12)15/h3-7,9-10H,2,8H2,1H3,(H,16,17). The van der Waals surface area contributed by atoms with E-state index in [0.717, 1.165) is 18.7 Å². The molecule has 0 atom stereocenters. The van der Waals surface area contributed by atoms with Gasteiger partial charge in [-0.1, -0.05) is 19.1 Å². The van der Waals surface area contributed by atoms with Gasteiger partial charge in [0.25, 0.3) is 0 Å². The fourth-order valence-electron chi connectivity index (χ4n) is 1.63. The fraction of sp³-hybridized carbons (Fsp3) is 0.214. The van der Waals surface area contributed by atoms with Crippen LogP contribution in [0.2, 0.25) is 0 Å². The third-order valence-electron chi connectivity index (χ3n) is 2.49. The number of hydrogen-bond donors (Lipinski definition) is 1. The molecule has 0 aliphatic rings. The van der Waals surface area contributed by atoms with Gasteiger partial charge in [-0.15, -0.1) is 0 Å². The summed E-state index contributed by atoms with van der Waals surface area (Å²) in [4.78, 5) is 4.20. The lowest BCUT2D eigenvalue weighted by Crippen LogP contribution is -2.00. The van der Waals surface area contributed by atoms with Crippen molar-refractivity contribution >= 4 is 5.69 Å². The van der Waals surface area contributed by atoms with Crippen molar-refractivity contribution in [2.75, 3.05) is 11.9 Å². The summed E-state index contributed by atoms with van der Waals surface area (Å²) < 4.78 is 13.6. The Balaban J connectivity index is 2.30. The lowest BCUT2D eigenvalue weighted by Gasteiger charge is -2.07. The average Bonchev–Trinajstić information content (AvgIpc) is 2.37. The molecule has 1 N–H and O–H groups in total. The average molecular weight is 230 g/mol. The minimum atomic E-state index is -0.243. The molecule has 2 rings (SSSR count). The molecule has 0 radical (unpaired) electrons. The molecule has 0 fully saturated rings. The third kappa shape index (κ3) is 2.81. The minimum absolute atomic E-state index is 0.243. The van der Waals surface area contributed by atoms with Crippen LogP contribution in [0.1, 0.15) is 13.3 Å². The summed E-state index contributed by atoms with van der Waals surface area (Å²) in [5.74, 6) is -0.243. The summed E-state index contributed by atoms with van der Waals surface area (Å²) in [6, 6.07) is 10.4. The van der Waals surface area contributed by atoms with Crippen LogP contribution in [0.3, 0.4) is 0 Å². The summed E-state index contributed by atoms with van der Waals surface area (Å²) >= 11 is 0. The number of nitrogens with one attached hydrogen (secondary N) is 1. The predicted molar refractivity (Wildman–Crippen MR) is 68.4 cm³/mol. The normalized spacial score (nSPS) is 10.2. The fourth-order valence-corrected chi connectivity index (χ4v) is 1.63. The monoisotopic (exact) mass is 230 g/mol. The van der Waals surface area contributed by atoms with Crippen molar-refractivity contribution in [3.05, 3.63) is 48.4 Å². The zero-order valence-electron chi connectivity index (χ0n) is 9.78. The maximum atomic E-state index is 13.6. The molecule has 2 nitrogen and oxygen atoms in total.